The molecule has 0 spiro atoms. The van der Waals surface area contributed by atoms with Gasteiger partial charge in [0.25, 0.3) is 0 Å². The SMILES string of the molecule is CCc1ccc([C@H](C)NC(=O)[C@@H](CC)N(c2ccccc2)S(C)(=O)=O)cc1. The van der Waals surface area contributed by atoms with Gasteiger partial charge in [0.05, 0.1) is 18.0 Å². The van der Waals surface area contributed by atoms with E-state index in [-0.39, 0.29) is 11.9 Å². The van der Waals surface area contributed by atoms with Crippen molar-refractivity contribution in [1.82, 2.24) is 5.32 Å². The molecule has 0 saturated carbocycles. The maximum atomic E-state index is 12.9. The van der Waals surface area contributed by atoms with E-state index in [1.807, 2.05) is 44.2 Å². The molecule has 0 saturated heterocycles. The maximum Gasteiger partial charge on any atom is 0.244 e. The second-order valence-corrected chi connectivity index (χ2v) is 8.50. The Morgan fingerprint density at radius 1 is 1.04 bits per heavy atom. The van der Waals surface area contributed by atoms with Gasteiger partial charge in [0.15, 0.2) is 0 Å². The molecule has 1 N–H and O–H groups in total. The summed E-state index contributed by atoms with van der Waals surface area (Å²) in [6, 6.07) is 15.8. The summed E-state index contributed by atoms with van der Waals surface area (Å²) in [4.78, 5) is 12.9. The van der Waals surface area contributed by atoms with E-state index in [9.17, 15) is 13.2 Å². The smallest absolute Gasteiger partial charge is 0.244 e. The van der Waals surface area contributed by atoms with Crippen molar-refractivity contribution in [1.29, 1.82) is 0 Å². The fourth-order valence-electron chi connectivity index (χ4n) is 3.07. The number of aryl methyl sites for hydroxylation is 1. The zero-order valence-corrected chi connectivity index (χ0v) is 17.2. The van der Waals surface area contributed by atoms with E-state index in [1.165, 1.54) is 9.87 Å². The van der Waals surface area contributed by atoms with E-state index in [2.05, 4.69) is 12.2 Å². The van der Waals surface area contributed by atoms with Gasteiger partial charge in [-0.1, -0.05) is 56.3 Å². The van der Waals surface area contributed by atoms with Gasteiger partial charge in [-0.2, -0.15) is 0 Å². The van der Waals surface area contributed by atoms with Crippen molar-refractivity contribution < 1.29 is 13.2 Å². The number of benzene rings is 2. The van der Waals surface area contributed by atoms with Crippen LogP contribution in [0.4, 0.5) is 5.69 Å². The summed E-state index contributed by atoms with van der Waals surface area (Å²) < 4.78 is 26.0. The normalized spacial score (nSPS) is 13.6. The molecule has 2 atom stereocenters. The lowest BCUT2D eigenvalue weighted by atomic mass is 10.0. The molecule has 0 aromatic heterocycles. The fourth-order valence-corrected chi connectivity index (χ4v) is 4.28. The van der Waals surface area contributed by atoms with Crippen LogP contribution in [0.5, 0.6) is 0 Å². The number of hydrogen-bond acceptors (Lipinski definition) is 3. The van der Waals surface area contributed by atoms with Crippen LogP contribution in [-0.4, -0.2) is 26.6 Å². The predicted molar refractivity (Wildman–Crippen MR) is 110 cm³/mol. The van der Waals surface area contributed by atoms with Crippen molar-refractivity contribution in [3.8, 4) is 0 Å². The average Bonchev–Trinajstić information content (AvgIpc) is 2.65. The van der Waals surface area contributed by atoms with Crippen molar-refractivity contribution in [2.45, 2.75) is 45.7 Å². The molecule has 5 nitrogen and oxygen atoms in total. The molecule has 6 heteroatoms. The number of hydrogen-bond donors (Lipinski definition) is 1. The van der Waals surface area contributed by atoms with Crippen LogP contribution in [0, 0.1) is 0 Å². The summed E-state index contributed by atoms with van der Waals surface area (Å²) in [6.07, 6.45) is 2.46. The number of carbonyl (C=O) groups is 1. The van der Waals surface area contributed by atoms with Crippen LogP contribution in [0.2, 0.25) is 0 Å². The quantitative estimate of drug-likeness (QED) is 0.750. The number of nitrogens with one attached hydrogen (secondary N) is 1. The Kier molecular flexibility index (Phi) is 7.02. The van der Waals surface area contributed by atoms with Crippen molar-refractivity contribution >= 4 is 21.6 Å². The maximum absolute atomic E-state index is 12.9. The van der Waals surface area contributed by atoms with Crippen LogP contribution in [0.3, 0.4) is 0 Å². The Bertz CT molecular complexity index is 849. The predicted octanol–water partition coefficient (Wildman–Crippen LogP) is 3.67. The minimum Gasteiger partial charge on any atom is -0.348 e. The van der Waals surface area contributed by atoms with E-state index >= 15 is 0 Å². The molecule has 2 aromatic rings. The van der Waals surface area contributed by atoms with E-state index in [0.717, 1.165) is 18.2 Å². The van der Waals surface area contributed by atoms with Gasteiger partial charge in [-0.3, -0.25) is 9.10 Å². The number of para-hydroxylation sites is 1. The summed E-state index contributed by atoms with van der Waals surface area (Å²) in [5, 5.41) is 2.96. The third-order valence-electron chi connectivity index (χ3n) is 4.59. The molecule has 0 fully saturated rings. The third kappa shape index (κ3) is 5.32. The van der Waals surface area contributed by atoms with E-state index in [0.29, 0.717) is 12.1 Å². The molecule has 0 radical (unpaired) electrons. The molecule has 0 aliphatic heterocycles. The largest absolute Gasteiger partial charge is 0.348 e. The molecule has 2 rings (SSSR count). The van der Waals surface area contributed by atoms with Gasteiger partial charge in [-0.15, -0.1) is 0 Å². The third-order valence-corrected chi connectivity index (χ3v) is 5.77. The lowest BCUT2D eigenvalue weighted by Crippen LogP contribution is -2.49. The molecule has 2 aromatic carbocycles. The molecule has 0 aliphatic carbocycles. The van der Waals surface area contributed by atoms with Gasteiger partial charge >= 0.3 is 0 Å². The van der Waals surface area contributed by atoms with Crippen molar-refractivity contribution in [2.24, 2.45) is 0 Å². The van der Waals surface area contributed by atoms with Gasteiger partial charge in [0.2, 0.25) is 15.9 Å². The fraction of sp³-hybridized carbons (Fsp3) is 0.381. The highest BCUT2D eigenvalue weighted by molar-refractivity contribution is 7.92. The minimum atomic E-state index is -3.61. The summed E-state index contributed by atoms with van der Waals surface area (Å²) in [5.41, 5.74) is 2.71. The van der Waals surface area contributed by atoms with E-state index < -0.39 is 16.1 Å². The van der Waals surface area contributed by atoms with Crippen LogP contribution < -0.4 is 9.62 Å². The van der Waals surface area contributed by atoms with Gasteiger partial charge in [-0.05, 0) is 43.0 Å². The zero-order chi connectivity index (χ0) is 20.0. The first-order chi connectivity index (χ1) is 12.8. The van der Waals surface area contributed by atoms with Gasteiger partial charge in [0, 0.05) is 0 Å². The van der Waals surface area contributed by atoms with E-state index in [1.54, 1.807) is 24.3 Å². The van der Waals surface area contributed by atoms with Crippen LogP contribution in [-0.2, 0) is 21.2 Å². The molecule has 0 aliphatic rings. The number of amides is 1. The average molecular weight is 389 g/mol. The Balaban J connectivity index is 2.24. The lowest BCUT2D eigenvalue weighted by Gasteiger charge is -2.31. The number of nitrogens with zero attached hydrogens (tertiary/aromatic N) is 1. The molecule has 0 bridgehead atoms. The number of carbonyl (C=O) groups excluding carboxylic acids is 1. The summed E-state index contributed by atoms with van der Waals surface area (Å²) >= 11 is 0. The summed E-state index contributed by atoms with van der Waals surface area (Å²) in [5.74, 6) is -0.307. The highest BCUT2D eigenvalue weighted by Crippen LogP contribution is 2.23. The Labute approximate surface area is 162 Å². The summed E-state index contributed by atoms with van der Waals surface area (Å²) in [7, 11) is -3.61. The minimum absolute atomic E-state index is 0.213. The molecule has 0 heterocycles. The Morgan fingerprint density at radius 3 is 2.11 bits per heavy atom. The second-order valence-electron chi connectivity index (χ2n) is 6.64. The lowest BCUT2D eigenvalue weighted by molar-refractivity contribution is -0.122. The van der Waals surface area contributed by atoms with Gasteiger partial charge in [0.1, 0.15) is 6.04 Å². The molecule has 0 unspecified atom stereocenters. The number of sulfonamides is 1. The number of rotatable bonds is 8. The van der Waals surface area contributed by atoms with Crippen LogP contribution >= 0.6 is 0 Å². The van der Waals surface area contributed by atoms with Crippen LogP contribution in [0.25, 0.3) is 0 Å². The van der Waals surface area contributed by atoms with Gasteiger partial charge < -0.3 is 5.32 Å². The molecule has 1 amide bonds. The monoisotopic (exact) mass is 388 g/mol. The topological polar surface area (TPSA) is 66.5 Å². The first-order valence-electron chi connectivity index (χ1n) is 9.21. The van der Waals surface area contributed by atoms with Crippen molar-refractivity contribution in [2.75, 3.05) is 10.6 Å². The molecule has 27 heavy (non-hydrogen) atoms. The first kappa shape index (κ1) is 21.0. The van der Waals surface area contributed by atoms with Crippen LogP contribution in [0.15, 0.2) is 54.6 Å². The summed E-state index contributed by atoms with van der Waals surface area (Å²) in [6.45, 7) is 5.81. The number of anilines is 1. The highest BCUT2D eigenvalue weighted by atomic mass is 32.2. The van der Waals surface area contributed by atoms with Crippen molar-refractivity contribution in [3.63, 3.8) is 0 Å². The van der Waals surface area contributed by atoms with Crippen LogP contribution in [0.1, 0.15) is 44.4 Å². The van der Waals surface area contributed by atoms with E-state index in [4.69, 9.17) is 0 Å². The molecular weight excluding hydrogens is 360 g/mol. The van der Waals surface area contributed by atoms with Crippen molar-refractivity contribution in [3.05, 3.63) is 65.7 Å². The van der Waals surface area contributed by atoms with Gasteiger partial charge in [-0.25, -0.2) is 8.42 Å². The Hall–Kier alpha value is -2.34. The molecular formula is C21H28N2O3S. The highest BCUT2D eigenvalue weighted by Gasteiger charge is 2.32. The Morgan fingerprint density at radius 2 is 1.63 bits per heavy atom. The molecule has 146 valence electrons. The second kappa shape index (κ2) is 9.04. The first-order valence-corrected chi connectivity index (χ1v) is 11.1. The standard InChI is InChI=1S/C21H28N2O3S/c1-5-17-12-14-18(15-13-17)16(3)22-21(24)20(6-2)23(27(4,25)26)19-10-8-7-9-11-19/h7-16,20H,5-6H2,1-4H3,(H,22,24)/t16-,20+/m0/s1. The zero-order valence-electron chi connectivity index (χ0n) is 16.3.